The Balaban J connectivity index is 2.04. The maximum atomic E-state index is 12.6. The zero-order valence-electron chi connectivity index (χ0n) is 12.1. The number of fused-ring (bicyclic) bond motifs is 1. The molecule has 2 aromatic carbocycles. The highest BCUT2D eigenvalue weighted by molar-refractivity contribution is 9.10. The number of hydrogen-bond donors (Lipinski definition) is 0. The molecule has 0 aliphatic rings. The van der Waals surface area contributed by atoms with E-state index in [9.17, 15) is 4.79 Å². The normalized spacial score (nSPS) is 10.7. The molecule has 22 heavy (non-hydrogen) atoms. The van der Waals surface area contributed by atoms with Gasteiger partial charge in [-0.15, -0.1) is 0 Å². The van der Waals surface area contributed by atoms with Gasteiger partial charge in [-0.05, 0) is 46.3 Å². The van der Waals surface area contributed by atoms with Crippen LogP contribution < -0.4 is 9.47 Å². The third kappa shape index (κ3) is 2.48. The third-order valence-corrected chi connectivity index (χ3v) is 3.99. The second-order valence-corrected chi connectivity index (χ2v) is 5.52. The SMILES string of the molecule is COc1ccc(C(=O)c2cc3cccc(Br)c3o2)cc1OC. The number of benzene rings is 2. The predicted molar refractivity (Wildman–Crippen MR) is 86.9 cm³/mol. The van der Waals surface area contributed by atoms with Crippen LogP contribution in [0.5, 0.6) is 11.5 Å². The van der Waals surface area contributed by atoms with Crippen LogP contribution in [0.25, 0.3) is 11.0 Å². The van der Waals surface area contributed by atoms with Crippen molar-refractivity contribution in [2.45, 2.75) is 0 Å². The second-order valence-electron chi connectivity index (χ2n) is 4.67. The van der Waals surface area contributed by atoms with E-state index >= 15 is 0 Å². The monoisotopic (exact) mass is 360 g/mol. The maximum absolute atomic E-state index is 12.6. The molecule has 0 aliphatic heterocycles. The van der Waals surface area contributed by atoms with Gasteiger partial charge in [-0.3, -0.25) is 4.79 Å². The fourth-order valence-electron chi connectivity index (χ4n) is 2.26. The fourth-order valence-corrected chi connectivity index (χ4v) is 2.72. The first-order chi connectivity index (χ1) is 10.6. The van der Waals surface area contributed by atoms with E-state index in [1.807, 2.05) is 18.2 Å². The molecule has 5 heteroatoms. The molecule has 0 spiro atoms. The summed E-state index contributed by atoms with van der Waals surface area (Å²) in [7, 11) is 3.08. The largest absolute Gasteiger partial charge is 0.493 e. The Morgan fingerprint density at radius 1 is 1.05 bits per heavy atom. The van der Waals surface area contributed by atoms with E-state index in [1.54, 1.807) is 31.4 Å². The van der Waals surface area contributed by atoms with Crippen LogP contribution in [0, 0.1) is 0 Å². The van der Waals surface area contributed by atoms with Crippen LogP contribution in [-0.4, -0.2) is 20.0 Å². The average molecular weight is 361 g/mol. The van der Waals surface area contributed by atoms with E-state index in [1.165, 1.54) is 7.11 Å². The maximum Gasteiger partial charge on any atom is 0.228 e. The van der Waals surface area contributed by atoms with Crippen LogP contribution in [0.2, 0.25) is 0 Å². The first kappa shape index (κ1) is 14.7. The molecule has 0 N–H and O–H groups in total. The Hall–Kier alpha value is -2.27. The molecule has 1 heterocycles. The van der Waals surface area contributed by atoms with E-state index in [4.69, 9.17) is 13.9 Å². The lowest BCUT2D eigenvalue weighted by Gasteiger charge is -2.08. The standard InChI is InChI=1S/C17H13BrO4/c1-20-13-7-6-10(8-14(13)21-2)16(19)15-9-11-4-3-5-12(18)17(11)22-15/h3-9H,1-2H3. The predicted octanol–water partition coefficient (Wildman–Crippen LogP) is 4.44. The van der Waals surface area contributed by atoms with Gasteiger partial charge in [0.05, 0.1) is 18.7 Å². The molecule has 0 saturated carbocycles. The summed E-state index contributed by atoms with van der Waals surface area (Å²) >= 11 is 3.42. The Morgan fingerprint density at radius 3 is 2.50 bits per heavy atom. The van der Waals surface area contributed by atoms with Gasteiger partial charge < -0.3 is 13.9 Å². The molecule has 0 radical (unpaired) electrons. The minimum absolute atomic E-state index is 0.205. The fraction of sp³-hybridized carbons (Fsp3) is 0.118. The van der Waals surface area contributed by atoms with Gasteiger partial charge in [0.25, 0.3) is 0 Å². The summed E-state index contributed by atoms with van der Waals surface area (Å²) in [4.78, 5) is 12.6. The summed E-state index contributed by atoms with van der Waals surface area (Å²) in [5.74, 6) is 1.16. The van der Waals surface area contributed by atoms with E-state index in [0.29, 0.717) is 22.6 Å². The quantitative estimate of drug-likeness (QED) is 0.645. The first-order valence-corrected chi connectivity index (χ1v) is 7.38. The van der Waals surface area contributed by atoms with Crippen LogP contribution >= 0.6 is 15.9 Å². The van der Waals surface area contributed by atoms with Gasteiger partial charge in [0.2, 0.25) is 5.78 Å². The molecule has 3 aromatic rings. The molecule has 0 amide bonds. The number of rotatable bonds is 4. The van der Waals surface area contributed by atoms with Crippen molar-refractivity contribution in [2.24, 2.45) is 0 Å². The van der Waals surface area contributed by atoms with Crippen LogP contribution in [-0.2, 0) is 0 Å². The van der Waals surface area contributed by atoms with E-state index in [-0.39, 0.29) is 11.5 Å². The summed E-state index contributed by atoms with van der Waals surface area (Å²) in [6, 6.07) is 12.4. The topological polar surface area (TPSA) is 48.7 Å². The number of carbonyl (C=O) groups is 1. The number of para-hydroxylation sites is 1. The highest BCUT2D eigenvalue weighted by atomic mass is 79.9. The second kappa shape index (κ2) is 5.85. The van der Waals surface area contributed by atoms with Crippen LogP contribution in [0.1, 0.15) is 16.1 Å². The number of ether oxygens (including phenoxy) is 2. The van der Waals surface area contributed by atoms with Crippen molar-refractivity contribution in [1.82, 2.24) is 0 Å². The zero-order valence-corrected chi connectivity index (χ0v) is 13.6. The Morgan fingerprint density at radius 2 is 1.82 bits per heavy atom. The van der Waals surface area contributed by atoms with Gasteiger partial charge in [0.1, 0.15) is 5.58 Å². The van der Waals surface area contributed by atoms with Gasteiger partial charge in [-0.25, -0.2) is 0 Å². The molecule has 0 bridgehead atoms. The van der Waals surface area contributed by atoms with Crippen molar-refractivity contribution in [1.29, 1.82) is 0 Å². The molecular weight excluding hydrogens is 348 g/mol. The van der Waals surface area contributed by atoms with Crippen molar-refractivity contribution in [2.75, 3.05) is 14.2 Å². The lowest BCUT2D eigenvalue weighted by Crippen LogP contribution is -2.01. The third-order valence-electron chi connectivity index (χ3n) is 3.37. The molecular formula is C17H13BrO4. The van der Waals surface area contributed by atoms with Crippen LogP contribution in [0.15, 0.2) is 51.4 Å². The summed E-state index contributed by atoms with van der Waals surface area (Å²) in [5, 5.41) is 0.873. The van der Waals surface area contributed by atoms with E-state index in [2.05, 4.69) is 15.9 Å². The highest BCUT2D eigenvalue weighted by Gasteiger charge is 2.17. The number of carbonyl (C=O) groups excluding carboxylic acids is 1. The number of ketones is 1. The molecule has 112 valence electrons. The highest BCUT2D eigenvalue weighted by Crippen LogP contribution is 2.31. The van der Waals surface area contributed by atoms with Crippen molar-refractivity contribution >= 4 is 32.7 Å². The van der Waals surface area contributed by atoms with Crippen molar-refractivity contribution in [3.8, 4) is 11.5 Å². The van der Waals surface area contributed by atoms with Gasteiger partial charge in [-0.1, -0.05) is 12.1 Å². The van der Waals surface area contributed by atoms with Gasteiger partial charge in [0.15, 0.2) is 17.3 Å². The molecule has 0 aliphatic carbocycles. The Bertz CT molecular complexity index is 851. The molecule has 0 atom stereocenters. The lowest BCUT2D eigenvalue weighted by molar-refractivity contribution is 0.101. The summed E-state index contributed by atoms with van der Waals surface area (Å²) < 4.78 is 16.9. The van der Waals surface area contributed by atoms with E-state index < -0.39 is 0 Å². The molecule has 1 aromatic heterocycles. The minimum atomic E-state index is -0.205. The van der Waals surface area contributed by atoms with Crippen LogP contribution in [0.3, 0.4) is 0 Å². The molecule has 3 rings (SSSR count). The number of halogens is 1. The van der Waals surface area contributed by atoms with Crippen LogP contribution in [0.4, 0.5) is 0 Å². The van der Waals surface area contributed by atoms with Crippen molar-refractivity contribution in [3.63, 3.8) is 0 Å². The summed E-state index contributed by atoms with van der Waals surface area (Å²) in [5.41, 5.74) is 1.14. The van der Waals surface area contributed by atoms with Crippen molar-refractivity contribution < 1.29 is 18.7 Å². The molecule has 0 fully saturated rings. The number of methoxy groups -OCH3 is 2. The smallest absolute Gasteiger partial charge is 0.228 e. The number of furan rings is 1. The Labute approximate surface area is 135 Å². The Kier molecular flexibility index (Phi) is 3.90. The average Bonchev–Trinajstić information content (AvgIpc) is 2.99. The minimum Gasteiger partial charge on any atom is -0.493 e. The lowest BCUT2D eigenvalue weighted by atomic mass is 10.1. The number of hydrogen-bond acceptors (Lipinski definition) is 4. The summed E-state index contributed by atoms with van der Waals surface area (Å²) in [6.07, 6.45) is 0. The molecule has 0 unspecified atom stereocenters. The zero-order chi connectivity index (χ0) is 15.7. The van der Waals surface area contributed by atoms with E-state index in [0.717, 1.165) is 9.86 Å². The molecule has 0 saturated heterocycles. The van der Waals surface area contributed by atoms with Gasteiger partial charge in [0, 0.05) is 10.9 Å². The molecule has 4 nitrogen and oxygen atoms in total. The first-order valence-electron chi connectivity index (χ1n) is 6.59. The summed E-state index contributed by atoms with van der Waals surface area (Å²) in [6.45, 7) is 0. The van der Waals surface area contributed by atoms with Gasteiger partial charge in [-0.2, -0.15) is 0 Å². The van der Waals surface area contributed by atoms with Crippen molar-refractivity contribution in [3.05, 3.63) is 58.3 Å². The van der Waals surface area contributed by atoms with Gasteiger partial charge >= 0.3 is 0 Å².